The maximum atomic E-state index is 12.0. The molecular weight excluding hydrogens is 294 g/mol. The Labute approximate surface area is 133 Å². The first kappa shape index (κ1) is 16.5. The summed E-state index contributed by atoms with van der Waals surface area (Å²) in [5.41, 5.74) is 0.283. The molecule has 3 N–H and O–H groups in total. The molecule has 0 aliphatic heterocycles. The van der Waals surface area contributed by atoms with E-state index in [4.69, 9.17) is 0 Å². The predicted molar refractivity (Wildman–Crippen MR) is 89.5 cm³/mol. The summed E-state index contributed by atoms with van der Waals surface area (Å²) in [6.45, 7) is 5.48. The zero-order valence-corrected chi connectivity index (χ0v) is 13.3. The van der Waals surface area contributed by atoms with E-state index >= 15 is 0 Å². The number of amides is 2. The maximum Gasteiger partial charge on any atom is 0.261 e. The van der Waals surface area contributed by atoms with Crippen LogP contribution in [-0.2, 0) is 4.79 Å². The van der Waals surface area contributed by atoms with Gasteiger partial charge in [0.15, 0.2) is 0 Å². The fourth-order valence-corrected chi connectivity index (χ4v) is 1.75. The first-order valence-corrected chi connectivity index (χ1v) is 7.18. The Bertz CT molecular complexity index is 771. The lowest BCUT2D eigenvalue weighted by molar-refractivity contribution is -0.123. The van der Waals surface area contributed by atoms with E-state index in [2.05, 4.69) is 15.6 Å². The van der Waals surface area contributed by atoms with Gasteiger partial charge in [-0.15, -0.1) is 0 Å². The van der Waals surface area contributed by atoms with Crippen LogP contribution in [0.1, 0.15) is 31.1 Å². The fraction of sp³-hybridized carbons (Fsp3) is 0.235. The van der Waals surface area contributed by atoms with Gasteiger partial charge in [0, 0.05) is 23.0 Å². The molecule has 1 aromatic carbocycles. The molecule has 0 saturated carbocycles. The minimum Gasteiger partial charge on any atom is -0.328 e. The zero-order chi connectivity index (χ0) is 17.0. The number of carbonyl (C=O) groups is 2. The highest BCUT2D eigenvalue weighted by Gasteiger charge is 2.21. The summed E-state index contributed by atoms with van der Waals surface area (Å²) in [7, 11) is 0. The van der Waals surface area contributed by atoms with Gasteiger partial charge in [0.1, 0.15) is 5.56 Å². The molecule has 0 aliphatic rings. The van der Waals surface area contributed by atoms with Crippen molar-refractivity contribution < 1.29 is 9.59 Å². The van der Waals surface area contributed by atoms with Crippen LogP contribution >= 0.6 is 0 Å². The highest BCUT2D eigenvalue weighted by atomic mass is 16.2. The number of H-pyrrole nitrogens is 1. The molecule has 0 unspecified atom stereocenters. The average molecular weight is 313 g/mol. The normalized spacial score (nSPS) is 10.9. The van der Waals surface area contributed by atoms with Gasteiger partial charge >= 0.3 is 0 Å². The van der Waals surface area contributed by atoms with Crippen molar-refractivity contribution in [3.63, 3.8) is 0 Å². The second-order valence-corrected chi connectivity index (χ2v) is 6.15. The van der Waals surface area contributed by atoms with Gasteiger partial charge in [-0.25, -0.2) is 0 Å². The fourth-order valence-electron chi connectivity index (χ4n) is 1.75. The number of aromatic nitrogens is 1. The van der Waals surface area contributed by atoms with Crippen molar-refractivity contribution >= 4 is 23.2 Å². The Morgan fingerprint density at radius 3 is 2.04 bits per heavy atom. The Balaban J connectivity index is 2.06. The number of nitrogens with one attached hydrogen (secondary N) is 3. The van der Waals surface area contributed by atoms with Gasteiger partial charge in [-0.1, -0.05) is 20.8 Å². The van der Waals surface area contributed by atoms with Crippen LogP contribution in [0.15, 0.2) is 47.4 Å². The molecule has 0 fully saturated rings. The van der Waals surface area contributed by atoms with Crippen LogP contribution in [0.25, 0.3) is 0 Å². The molecule has 1 aromatic heterocycles. The Morgan fingerprint density at radius 1 is 0.957 bits per heavy atom. The van der Waals surface area contributed by atoms with E-state index < -0.39 is 16.9 Å². The summed E-state index contributed by atoms with van der Waals surface area (Å²) < 4.78 is 0. The van der Waals surface area contributed by atoms with Crippen LogP contribution in [0.2, 0.25) is 0 Å². The number of hydrogen-bond acceptors (Lipinski definition) is 3. The van der Waals surface area contributed by atoms with Crippen molar-refractivity contribution in [3.05, 3.63) is 58.5 Å². The van der Waals surface area contributed by atoms with Crippen molar-refractivity contribution in [2.45, 2.75) is 20.8 Å². The molecular formula is C17H19N3O3. The van der Waals surface area contributed by atoms with E-state index in [1.165, 1.54) is 12.3 Å². The molecule has 1 heterocycles. The predicted octanol–water partition coefficient (Wildman–Crippen LogP) is 2.61. The number of pyridine rings is 1. The van der Waals surface area contributed by atoms with Crippen molar-refractivity contribution in [2.24, 2.45) is 5.41 Å². The van der Waals surface area contributed by atoms with Crippen molar-refractivity contribution in [3.8, 4) is 0 Å². The number of aromatic amines is 1. The SMILES string of the molecule is CC(C)(C)C(=O)Nc1ccc(NC(=O)c2ccc[nH]c2=O)cc1. The molecule has 6 nitrogen and oxygen atoms in total. The standard InChI is InChI=1S/C17H19N3O3/c1-17(2,3)16(23)20-12-8-6-11(7-9-12)19-15(22)13-5-4-10-18-14(13)21/h4-10H,1-3H3,(H,18,21)(H,19,22)(H,20,23). The van der Waals surface area contributed by atoms with Crippen LogP contribution in [0.3, 0.4) is 0 Å². The largest absolute Gasteiger partial charge is 0.328 e. The molecule has 0 bridgehead atoms. The molecule has 23 heavy (non-hydrogen) atoms. The number of rotatable bonds is 3. The summed E-state index contributed by atoms with van der Waals surface area (Å²) in [5.74, 6) is -0.580. The molecule has 2 rings (SSSR count). The van der Waals surface area contributed by atoms with Crippen molar-refractivity contribution in [1.29, 1.82) is 0 Å². The number of benzene rings is 1. The first-order chi connectivity index (χ1) is 10.8. The number of hydrogen-bond donors (Lipinski definition) is 3. The zero-order valence-electron chi connectivity index (χ0n) is 13.3. The number of anilines is 2. The minimum absolute atomic E-state index is 0.0395. The maximum absolute atomic E-state index is 12.0. The molecule has 0 radical (unpaired) electrons. The minimum atomic E-state index is -0.488. The van der Waals surface area contributed by atoms with Gasteiger partial charge in [-0.3, -0.25) is 14.4 Å². The summed E-state index contributed by atoms with van der Waals surface area (Å²) >= 11 is 0. The quantitative estimate of drug-likeness (QED) is 0.813. The summed E-state index contributed by atoms with van der Waals surface area (Å²) in [6, 6.07) is 9.73. The van der Waals surface area contributed by atoms with E-state index in [0.717, 1.165) is 0 Å². The lowest BCUT2D eigenvalue weighted by Gasteiger charge is -2.17. The van der Waals surface area contributed by atoms with Gasteiger partial charge < -0.3 is 15.6 Å². The highest BCUT2D eigenvalue weighted by Crippen LogP contribution is 2.19. The van der Waals surface area contributed by atoms with Crippen LogP contribution < -0.4 is 16.2 Å². The first-order valence-electron chi connectivity index (χ1n) is 7.18. The molecule has 2 aromatic rings. The monoisotopic (exact) mass is 313 g/mol. The Kier molecular flexibility index (Phi) is 4.64. The van der Waals surface area contributed by atoms with Crippen LogP contribution in [0, 0.1) is 5.41 Å². The van der Waals surface area contributed by atoms with Gasteiger partial charge in [-0.2, -0.15) is 0 Å². The van der Waals surface area contributed by atoms with Gasteiger partial charge in [0.2, 0.25) is 5.91 Å². The van der Waals surface area contributed by atoms with E-state index in [1.807, 2.05) is 20.8 Å². The third-order valence-corrected chi connectivity index (χ3v) is 3.14. The van der Waals surface area contributed by atoms with E-state index in [-0.39, 0.29) is 11.5 Å². The smallest absolute Gasteiger partial charge is 0.261 e. The Hall–Kier alpha value is -2.89. The van der Waals surface area contributed by atoms with Crippen molar-refractivity contribution in [1.82, 2.24) is 4.98 Å². The van der Waals surface area contributed by atoms with Crippen molar-refractivity contribution in [2.75, 3.05) is 10.6 Å². The van der Waals surface area contributed by atoms with Gasteiger partial charge in [0.25, 0.3) is 11.5 Å². The third kappa shape index (κ3) is 4.29. The molecule has 2 amide bonds. The van der Waals surface area contributed by atoms with E-state index in [9.17, 15) is 14.4 Å². The summed E-state index contributed by atoms with van der Waals surface area (Å²) in [5, 5.41) is 5.43. The second-order valence-electron chi connectivity index (χ2n) is 6.15. The Morgan fingerprint density at radius 2 is 1.52 bits per heavy atom. The highest BCUT2D eigenvalue weighted by molar-refractivity contribution is 6.04. The molecule has 0 spiro atoms. The summed E-state index contributed by atoms with van der Waals surface area (Å²) in [6.07, 6.45) is 1.46. The van der Waals surface area contributed by atoms with E-state index in [1.54, 1.807) is 30.3 Å². The van der Waals surface area contributed by atoms with Gasteiger partial charge in [-0.05, 0) is 36.4 Å². The third-order valence-electron chi connectivity index (χ3n) is 3.14. The second kappa shape index (κ2) is 6.48. The van der Waals surface area contributed by atoms with E-state index in [0.29, 0.717) is 11.4 Å². The molecule has 0 saturated heterocycles. The average Bonchev–Trinajstić information content (AvgIpc) is 2.48. The molecule has 0 aliphatic carbocycles. The van der Waals surface area contributed by atoms with Crippen LogP contribution in [-0.4, -0.2) is 16.8 Å². The van der Waals surface area contributed by atoms with Crippen LogP contribution in [0.4, 0.5) is 11.4 Å². The molecule has 120 valence electrons. The summed E-state index contributed by atoms with van der Waals surface area (Å²) in [4.78, 5) is 37.9. The topological polar surface area (TPSA) is 91.1 Å². The molecule has 6 heteroatoms. The van der Waals surface area contributed by atoms with Gasteiger partial charge in [0.05, 0.1) is 0 Å². The molecule has 0 atom stereocenters. The number of carbonyl (C=O) groups excluding carboxylic acids is 2. The lowest BCUT2D eigenvalue weighted by atomic mass is 9.95. The lowest BCUT2D eigenvalue weighted by Crippen LogP contribution is -2.27. The van der Waals surface area contributed by atoms with Crippen LogP contribution in [0.5, 0.6) is 0 Å².